The van der Waals surface area contributed by atoms with Crippen LogP contribution in [-0.2, 0) is 0 Å². The summed E-state index contributed by atoms with van der Waals surface area (Å²) < 4.78 is 1.74. The third kappa shape index (κ3) is 1.71. The van der Waals surface area contributed by atoms with Crippen LogP contribution in [0.2, 0.25) is 0 Å². The maximum atomic E-state index is 11.4. The Balaban J connectivity index is 0.000000845. The van der Waals surface area contributed by atoms with Crippen molar-refractivity contribution in [3.8, 4) is 0 Å². The minimum Gasteiger partial charge on any atom is -0.278 e. The zero-order chi connectivity index (χ0) is 8.72. The van der Waals surface area contributed by atoms with Crippen LogP contribution in [0.15, 0.2) is 15.6 Å². The summed E-state index contributed by atoms with van der Waals surface area (Å²) in [6, 6.07) is 0. The van der Waals surface area contributed by atoms with Gasteiger partial charge in [0, 0.05) is 29.6 Å². The van der Waals surface area contributed by atoms with Crippen LogP contribution in [0.1, 0.15) is 5.69 Å². The first-order valence-electron chi connectivity index (χ1n) is 3.28. The molecule has 5 nitrogen and oxygen atoms in total. The minimum absolute atomic E-state index is 0. The summed E-state index contributed by atoms with van der Waals surface area (Å²) in [6.07, 6.45) is 1.43. The predicted octanol–water partition coefficient (Wildman–Crippen LogP) is 0.108. The van der Waals surface area contributed by atoms with Crippen LogP contribution < -0.4 is 5.56 Å². The zero-order valence-corrected chi connectivity index (χ0v) is 10.8. The molecule has 13 heavy (non-hydrogen) atoms. The Kier molecular flexibility index (Phi) is 3.28. The van der Waals surface area contributed by atoms with Gasteiger partial charge in [0.15, 0.2) is 0 Å². The molecule has 0 aromatic carbocycles. The molecule has 0 saturated carbocycles. The van der Waals surface area contributed by atoms with Gasteiger partial charge in [-0.15, -0.1) is 0 Å². The molecule has 0 saturated heterocycles. The quantitative estimate of drug-likeness (QED) is 0.677. The summed E-state index contributed by atoms with van der Waals surface area (Å²) in [5.41, 5.74) is 0.474. The van der Waals surface area contributed by atoms with Gasteiger partial charge >= 0.3 is 0 Å². The second-order valence-electron chi connectivity index (χ2n) is 2.34. The van der Waals surface area contributed by atoms with Gasteiger partial charge in [0.2, 0.25) is 0 Å². The SMILES string of the molecule is Cc1nc2nc[nH]n2c(=O)c1Br.[Na]. The Bertz CT molecular complexity index is 491. The molecule has 63 valence electrons. The van der Waals surface area contributed by atoms with Gasteiger partial charge in [-0.05, 0) is 22.9 Å². The van der Waals surface area contributed by atoms with E-state index >= 15 is 0 Å². The average molecular weight is 252 g/mol. The van der Waals surface area contributed by atoms with Crippen molar-refractivity contribution >= 4 is 51.3 Å². The molecule has 0 aliphatic rings. The Morgan fingerprint density at radius 2 is 2.31 bits per heavy atom. The van der Waals surface area contributed by atoms with Crippen LogP contribution in [-0.4, -0.2) is 49.1 Å². The molecule has 0 spiro atoms. The molecule has 0 amide bonds. The summed E-state index contributed by atoms with van der Waals surface area (Å²) in [7, 11) is 0. The maximum absolute atomic E-state index is 11.4. The van der Waals surface area contributed by atoms with Gasteiger partial charge in [-0.25, -0.2) is 9.97 Å². The van der Waals surface area contributed by atoms with Gasteiger partial charge in [-0.3, -0.25) is 9.89 Å². The molecule has 2 rings (SSSR count). The van der Waals surface area contributed by atoms with Gasteiger partial charge in [0.05, 0.1) is 5.69 Å². The molecule has 0 aliphatic heterocycles. The Labute approximate surface area is 104 Å². The maximum Gasteiger partial charge on any atom is 0.288 e. The van der Waals surface area contributed by atoms with Gasteiger partial charge in [-0.1, -0.05) is 0 Å². The van der Waals surface area contributed by atoms with Crippen molar-refractivity contribution in [3.63, 3.8) is 0 Å². The first-order valence-corrected chi connectivity index (χ1v) is 4.07. The minimum atomic E-state index is -0.171. The molecule has 2 heterocycles. The summed E-state index contributed by atoms with van der Waals surface area (Å²) >= 11 is 3.14. The van der Waals surface area contributed by atoms with Crippen molar-refractivity contribution in [1.82, 2.24) is 19.6 Å². The molecular formula is C6H5BrN4NaO. The molecule has 2 aromatic heterocycles. The third-order valence-corrected chi connectivity index (χ3v) is 2.46. The molecule has 0 aliphatic carbocycles. The van der Waals surface area contributed by atoms with Crippen molar-refractivity contribution in [2.24, 2.45) is 0 Å². The number of nitrogens with zero attached hydrogens (tertiary/aromatic N) is 3. The number of rotatable bonds is 0. The molecule has 2 aromatic rings. The third-order valence-electron chi connectivity index (χ3n) is 1.54. The Morgan fingerprint density at radius 1 is 1.62 bits per heavy atom. The summed E-state index contributed by atoms with van der Waals surface area (Å²) in [5, 5.41) is 2.66. The van der Waals surface area contributed by atoms with Crippen LogP contribution in [0, 0.1) is 6.92 Å². The number of halogens is 1. The molecular weight excluding hydrogens is 247 g/mol. The van der Waals surface area contributed by atoms with E-state index in [-0.39, 0.29) is 35.1 Å². The van der Waals surface area contributed by atoms with Crippen molar-refractivity contribution < 1.29 is 0 Å². The van der Waals surface area contributed by atoms with E-state index < -0.39 is 0 Å². The normalized spacial score (nSPS) is 10.0. The molecule has 0 atom stereocenters. The summed E-state index contributed by atoms with van der Waals surface area (Å²) in [5.74, 6) is 0.390. The Morgan fingerprint density at radius 3 is 3.00 bits per heavy atom. The number of hydrogen-bond donors (Lipinski definition) is 1. The first-order chi connectivity index (χ1) is 5.70. The van der Waals surface area contributed by atoms with E-state index in [9.17, 15) is 4.79 Å². The van der Waals surface area contributed by atoms with Crippen LogP contribution in [0.5, 0.6) is 0 Å². The number of aromatic amines is 1. The van der Waals surface area contributed by atoms with Crippen LogP contribution >= 0.6 is 15.9 Å². The van der Waals surface area contributed by atoms with Crippen LogP contribution in [0.4, 0.5) is 0 Å². The fourth-order valence-electron chi connectivity index (χ4n) is 0.940. The van der Waals surface area contributed by atoms with E-state index in [0.29, 0.717) is 15.9 Å². The van der Waals surface area contributed by atoms with Gasteiger partial charge in [0.25, 0.3) is 11.3 Å². The molecule has 0 bridgehead atoms. The first kappa shape index (κ1) is 10.9. The monoisotopic (exact) mass is 251 g/mol. The van der Waals surface area contributed by atoms with Gasteiger partial charge in [0.1, 0.15) is 10.8 Å². The van der Waals surface area contributed by atoms with E-state index in [1.165, 1.54) is 10.8 Å². The largest absolute Gasteiger partial charge is 0.288 e. The number of nitrogens with one attached hydrogen (secondary N) is 1. The average Bonchev–Trinajstić information content (AvgIpc) is 2.48. The number of fused-ring (bicyclic) bond motifs is 1. The number of hydrogen-bond acceptors (Lipinski definition) is 3. The van der Waals surface area contributed by atoms with Crippen molar-refractivity contribution in [3.05, 3.63) is 26.8 Å². The van der Waals surface area contributed by atoms with Crippen LogP contribution in [0.25, 0.3) is 5.78 Å². The standard InChI is InChI=1S/C6H5BrN4O.Na/c1-3-4(7)5(12)11-6(10-3)8-2-9-11;/h2H,1H3,(H,8,9,10);. The second-order valence-corrected chi connectivity index (χ2v) is 3.13. The Hall–Kier alpha value is -0.170. The number of aromatic nitrogens is 4. The number of aryl methyl sites for hydroxylation is 1. The summed E-state index contributed by atoms with van der Waals surface area (Å²) in [4.78, 5) is 19.3. The van der Waals surface area contributed by atoms with Crippen molar-refractivity contribution in [1.29, 1.82) is 0 Å². The zero-order valence-electron chi connectivity index (χ0n) is 7.21. The van der Waals surface area contributed by atoms with Gasteiger partial charge < -0.3 is 0 Å². The summed E-state index contributed by atoms with van der Waals surface area (Å²) in [6.45, 7) is 1.75. The fourth-order valence-corrected chi connectivity index (χ4v) is 1.21. The topological polar surface area (TPSA) is 63.1 Å². The van der Waals surface area contributed by atoms with E-state index in [0.717, 1.165) is 0 Å². The van der Waals surface area contributed by atoms with E-state index in [1.807, 2.05) is 0 Å². The molecule has 7 heteroatoms. The van der Waals surface area contributed by atoms with E-state index in [4.69, 9.17) is 0 Å². The predicted molar refractivity (Wildman–Crippen MR) is 51.8 cm³/mol. The van der Waals surface area contributed by atoms with Crippen molar-refractivity contribution in [2.75, 3.05) is 0 Å². The molecule has 1 radical (unpaired) electrons. The molecule has 1 N–H and O–H groups in total. The molecule has 0 unspecified atom stereocenters. The smallest absolute Gasteiger partial charge is 0.278 e. The van der Waals surface area contributed by atoms with E-state index in [2.05, 4.69) is 31.0 Å². The molecule has 0 fully saturated rings. The van der Waals surface area contributed by atoms with Crippen LogP contribution in [0.3, 0.4) is 0 Å². The van der Waals surface area contributed by atoms with E-state index in [1.54, 1.807) is 6.92 Å². The fraction of sp³-hybridized carbons (Fsp3) is 0.167. The van der Waals surface area contributed by atoms with Crippen molar-refractivity contribution in [2.45, 2.75) is 6.92 Å². The van der Waals surface area contributed by atoms with Gasteiger partial charge in [-0.2, -0.15) is 4.52 Å². The number of H-pyrrole nitrogens is 1. The second kappa shape index (κ2) is 3.91.